The normalized spacial score (nSPS) is 14.1. The van der Waals surface area contributed by atoms with Crippen molar-refractivity contribution in [2.24, 2.45) is 11.7 Å². The fourth-order valence-corrected chi connectivity index (χ4v) is 4.93. The molecule has 0 aliphatic rings. The Kier molecular flexibility index (Phi) is 12.9. The highest BCUT2D eigenvalue weighted by atomic mass is 32.2. The van der Waals surface area contributed by atoms with Crippen LogP contribution in [0.4, 0.5) is 0 Å². The first-order valence-electron chi connectivity index (χ1n) is 12.8. The number of thiazole rings is 1. The molecule has 0 saturated heterocycles. The van der Waals surface area contributed by atoms with Gasteiger partial charge in [-0.15, -0.1) is 11.3 Å². The number of aromatic nitrogens is 1. The van der Waals surface area contributed by atoms with Gasteiger partial charge in [0, 0.05) is 25.3 Å². The van der Waals surface area contributed by atoms with Crippen molar-refractivity contribution in [1.82, 2.24) is 20.9 Å². The van der Waals surface area contributed by atoms with E-state index in [0.717, 1.165) is 27.8 Å². The number of carbonyl (C=O) groups excluding carboxylic acids is 3. The lowest BCUT2D eigenvalue weighted by molar-refractivity contribution is -0.131. The number of nitrogens with zero attached hydrogens (tertiary/aromatic N) is 1. The highest BCUT2D eigenvalue weighted by molar-refractivity contribution is 7.93. The maximum Gasteiger partial charge on any atom is 0.263 e. The van der Waals surface area contributed by atoms with Crippen LogP contribution in [0.5, 0.6) is 0 Å². The highest BCUT2D eigenvalue weighted by Gasteiger charge is 2.29. The fourth-order valence-electron chi connectivity index (χ4n) is 3.77. The SMILES string of the molecule is COC[C@H](NC(=O)[C@H](CC(C)C)NC(=O)c1cnc(C)s1)C(=O)N[C@H](/C=C/S(C)(=O)=O)Cc1ccc(CN)cc1. The lowest BCUT2D eigenvalue weighted by atomic mass is 10.0. The first-order valence-corrected chi connectivity index (χ1v) is 15.6. The summed E-state index contributed by atoms with van der Waals surface area (Å²) < 4.78 is 28.7. The average molecular weight is 594 g/mol. The lowest BCUT2D eigenvalue weighted by Crippen LogP contribution is -2.56. The maximum atomic E-state index is 13.3. The molecule has 40 heavy (non-hydrogen) atoms. The van der Waals surface area contributed by atoms with Crippen LogP contribution >= 0.6 is 11.3 Å². The molecule has 3 atom stereocenters. The van der Waals surface area contributed by atoms with Gasteiger partial charge < -0.3 is 26.4 Å². The van der Waals surface area contributed by atoms with Crippen molar-refractivity contribution in [1.29, 1.82) is 0 Å². The van der Waals surface area contributed by atoms with Crippen LogP contribution in [-0.2, 0) is 37.1 Å². The molecule has 1 aromatic heterocycles. The number of ether oxygens (including phenoxy) is 1. The van der Waals surface area contributed by atoms with Crippen LogP contribution in [0.1, 0.15) is 46.1 Å². The fraction of sp³-hybridized carbons (Fsp3) is 0.481. The van der Waals surface area contributed by atoms with Crippen molar-refractivity contribution in [3.05, 3.63) is 63.0 Å². The minimum atomic E-state index is -3.45. The van der Waals surface area contributed by atoms with Crippen LogP contribution in [0.2, 0.25) is 0 Å². The van der Waals surface area contributed by atoms with Crippen LogP contribution < -0.4 is 21.7 Å². The summed E-state index contributed by atoms with van der Waals surface area (Å²) in [6.45, 7) is 5.86. The molecule has 2 aromatic rings. The molecular formula is C27H39N5O6S2. The van der Waals surface area contributed by atoms with E-state index in [2.05, 4.69) is 20.9 Å². The number of aryl methyl sites for hydroxylation is 1. The van der Waals surface area contributed by atoms with E-state index in [0.29, 0.717) is 24.3 Å². The largest absolute Gasteiger partial charge is 0.382 e. The second-order valence-electron chi connectivity index (χ2n) is 9.91. The Bertz CT molecular complexity index is 1270. The molecule has 5 N–H and O–H groups in total. The van der Waals surface area contributed by atoms with Gasteiger partial charge >= 0.3 is 0 Å². The summed E-state index contributed by atoms with van der Waals surface area (Å²) in [7, 11) is -2.06. The van der Waals surface area contributed by atoms with E-state index in [1.54, 1.807) is 6.92 Å². The minimum absolute atomic E-state index is 0.0742. The van der Waals surface area contributed by atoms with Gasteiger partial charge in [0.15, 0.2) is 9.84 Å². The Labute approximate surface area is 239 Å². The van der Waals surface area contributed by atoms with E-state index < -0.39 is 45.7 Å². The number of amides is 3. The van der Waals surface area contributed by atoms with Crippen LogP contribution in [0, 0.1) is 12.8 Å². The van der Waals surface area contributed by atoms with Gasteiger partial charge in [-0.2, -0.15) is 0 Å². The Morgan fingerprint density at radius 3 is 2.20 bits per heavy atom. The van der Waals surface area contributed by atoms with Crippen LogP contribution in [0.15, 0.2) is 41.9 Å². The monoisotopic (exact) mass is 593 g/mol. The number of sulfone groups is 1. The summed E-state index contributed by atoms with van der Waals surface area (Å²) in [5.41, 5.74) is 7.45. The zero-order valence-corrected chi connectivity index (χ0v) is 25.1. The molecule has 0 unspecified atom stereocenters. The smallest absolute Gasteiger partial charge is 0.263 e. The molecule has 1 aromatic carbocycles. The predicted molar refractivity (Wildman–Crippen MR) is 155 cm³/mol. The molecule has 1 heterocycles. The summed E-state index contributed by atoms with van der Waals surface area (Å²) in [5, 5.41) is 9.99. The molecule has 220 valence electrons. The Balaban J connectivity index is 2.20. The van der Waals surface area contributed by atoms with Gasteiger partial charge in [0.2, 0.25) is 11.8 Å². The van der Waals surface area contributed by atoms with Gasteiger partial charge in [0.05, 0.1) is 23.9 Å². The lowest BCUT2D eigenvalue weighted by Gasteiger charge is -2.25. The first kappa shape index (κ1) is 33.1. The third-order valence-electron chi connectivity index (χ3n) is 5.74. The van der Waals surface area contributed by atoms with Gasteiger partial charge in [-0.25, -0.2) is 13.4 Å². The van der Waals surface area contributed by atoms with Gasteiger partial charge in [0.1, 0.15) is 17.0 Å². The molecule has 3 amide bonds. The van der Waals surface area contributed by atoms with E-state index in [4.69, 9.17) is 10.5 Å². The molecular weight excluding hydrogens is 554 g/mol. The summed E-state index contributed by atoms with van der Waals surface area (Å²) in [5.74, 6) is -1.46. The molecule has 0 radical (unpaired) electrons. The molecule has 0 aliphatic carbocycles. The summed E-state index contributed by atoms with van der Waals surface area (Å²) in [4.78, 5) is 43.7. The Morgan fingerprint density at radius 2 is 1.68 bits per heavy atom. The van der Waals surface area contributed by atoms with E-state index in [-0.39, 0.29) is 12.5 Å². The second kappa shape index (κ2) is 15.6. The van der Waals surface area contributed by atoms with Crippen LogP contribution in [-0.4, -0.2) is 69.2 Å². The van der Waals surface area contributed by atoms with Gasteiger partial charge in [0.25, 0.3) is 5.91 Å². The average Bonchev–Trinajstić information content (AvgIpc) is 3.32. The number of carbonyl (C=O) groups is 3. The minimum Gasteiger partial charge on any atom is -0.382 e. The van der Waals surface area contributed by atoms with Gasteiger partial charge in [-0.1, -0.05) is 44.2 Å². The Morgan fingerprint density at radius 1 is 1.05 bits per heavy atom. The number of nitrogens with one attached hydrogen (secondary N) is 3. The summed E-state index contributed by atoms with van der Waals surface area (Å²) >= 11 is 1.22. The zero-order chi connectivity index (χ0) is 29.9. The quantitative estimate of drug-likeness (QED) is 0.241. The predicted octanol–water partition coefficient (Wildman–Crippen LogP) is 1.47. The maximum absolute atomic E-state index is 13.3. The van der Waals surface area contributed by atoms with E-state index in [1.165, 1.54) is 30.7 Å². The number of hydrogen-bond acceptors (Lipinski definition) is 9. The zero-order valence-electron chi connectivity index (χ0n) is 23.5. The molecule has 0 bridgehead atoms. The number of rotatable bonds is 15. The first-order chi connectivity index (χ1) is 18.8. The van der Waals surface area contributed by atoms with Crippen molar-refractivity contribution in [2.45, 2.75) is 58.3 Å². The van der Waals surface area contributed by atoms with E-state index in [9.17, 15) is 22.8 Å². The standard InChI is InChI=1S/C27H39N5O6S2/c1-17(2)12-22(31-27(35)24-15-29-18(3)39-24)25(33)32-23(16-38-4)26(34)30-21(10-11-40(5,36)37)13-19-6-8-20(14-28)9-7-19/h6-11,15,17,21-23H,12-14,16,28H2,1-5H3,(H,30,34)(H,31,35)(H,32,33)/b11-10+/t21-,22+,23+/m1/s1. The second-order valence-corrected chi connectivity index (χ2v) is 13.1. The molecule has 0 aliphatic heterocycles. The molecule has 0 saturated carbocycles. The van der Waals surface area contributed by atoms with Crippen LogP contribution in [0.25, 0.3) is 0 Å². The van der Waals surface area contributed by atoms with Crippen molar-refractivity contribution < 1.29 is 27.5 Å². The number of hydrogen-bond donors (Lipinski definition) is 4. The highest BCUT2D eigenvalue weighted by Crippen LogP contribution is 2.13. The molecule has 0 fully saturated rings. The van der Waals surface area contributed by atoms with E-state index >= 15 is 0 Å². The van der Waals surface area contributed by atoms with Crippen molar-refractivity contribution in [3.63, 3.8) is 0 Å². The summed E-state index contributed by atoms with van der Waals surface area (Å²) in [6, 6.07) is 4.75. The third-order valence-corrected chi connectivity index (χ3v) is 7.30. The van der Waals surface area contributed by atoms with E-state index in [1.807, 2.05) is 38.1 Å². The van der Waals surface area contributed by atoms with Gasteiger partial charge in [-0.3, -0.25) is 14.4 Å². The molecule has 13 heteroatoms. The van der Waals surface area contributed by atoms with Crippen molar-refractivity contribution in [2.75, 3.05) is 20.0 Å². The van der Waals surface area contributed by atoms with Crippen molar-refractivity contribution in [3.8, 4) is 0 Å². The summed E-state index contributed by atoms with van der Waals surface area (Å²) in [6.07, 6.45) is 4.55. The number of benzene rings is 1. The molecule has 0 spiro atoms. The van der Waals surface area contributed by atoms with Crippen LogP contribution in [0.3, 0.4) is 0 Å². The topological polar surface area (TPSA) is 170 Å². The third kappa shape index (κ3) is 11.5. The molecule has 11 nitrogen and oxygen atoms in total. The Hall–Kier alpha value is -3.13. The van der Waals surface area contributed by atoms with Gasteiger partial charge in [-0.05, 0) is 36.8 Å². The number of methoxy groups -OCH3 is 1. The van der Waals surface area contributed by atoms with Crippen molar-refractivity contribution >= 4 is 38.9 Å². The molecule has 2 rings (SSSR count). The number of nitrogens with two attached hydrogens (primary N) is 1.